The standard InChI is InChI=1S/C19H28ClN3O2.C16H28BNO4.C15H21ClN2O2.C15H19ClN2O2.C11H14ClN.C5H3BrClN/c1-2-25-19(24)23-11-4-5-16(9-14-23)22-12-7-15(8-13-22)17-6-3-10-21-18(17)20;1-14(2,3)20-13(19)18-10-8-12(9-11-18)17-21-15(4,5)16(6,7)22-17;2*1-15(2,3)20-14(19)18-9-6-11(7-10-18)12-5-4-8-17-13(12)16;12-11-10(7-4-8-13-11)9-5-2-1-3-6-9;6-4-2-1-3-8-5(4)7/h3,6,10,15-16H,2,4-5,7-9,11-14H2,1H3;8H,9-11H2,1-7H3;4-5,8,11H,6-7,9-10H2,1-3H3;4-6,8H,7,9-10H2,1-3H3;4,7-9H,1-3,5-6H2;1-3H. The van der Waals surface area contributed by atoms with Gasteiger partial charge in [-0.15, -0.1) is 0 Å². The van der Waals surface area contributed by atoms with Crippen LogP contribution in [0.3, 0.4) is 0 Å². The molecule has 20 nitrogen and oxygen atoms in total. The summed E-state index contributed by atoms with van der Waals surface area (Å²) in [6, 6.07) is 20.1. The molecule has 4 saturated heterocycles. The summed E-state index contributed by atoms with van der Waals surface area (Å²) >= 11 is 33.3. The highest BCUT2D eigenvalue weighted by atomic mass is 79.9. The lowest BCUT2D eigenvalue weighted by Gasteiger charge is -2.37. The lowest BCUT2D eigenvalue weighted by atomic mass is 9.75. The molecule has 592 valence electrons. The molecule has 1 unspecified atom stereocenters. The van der Waals surface area contributed by atoms with Crippen LogP contribution in [-0.4, -0.2) is 187 Å². The highest BCUT2D eigenvalue weighted by molar-refractivity contribution is 9.10. The van der Waals surface area contributed by atoms with E-state index in [4.69, 9.17) is 86.3 Å². The third-order valence-corrected chi connectivity index (χ3v) is 22.3. The maximum atomic E-state index is 12.1. The van der Waals surface area contributed by atoms with Gasteiger partial charge in [0.25, 0.3) is 0 Å². The number of aromatic nitrogens is 5. The number of carbonyl (C=O) groups excluding carboxylic acids is 4. The lowest BCUT2D eigenvalue weighted by molar-refractivity contribution is 0.00578. The Bertz CT molecular complexity index is 3720. The molecule has 11 heterocycles. The molecule has 0 radical (unpaired) electrons. The number of ether oxygens (including phenoxy) is 4. The van der Waals surface area contributed by atoms with Crippen molar-refractivity contribution in [2.24, 2.45) is 0 Å². The van der Waals surface area contributed by atoms with Gasteiger partial charge in [-0.25, -0.2) is 44.1 Å². The summed E-state index contributed by atoms with van der Waals surface area (Å²) in [5.74, 6) is 1.55. The van der Waals surface area contributed by atoms with Crippen LogP contribution in [0.4, 0.5) is 19.2 Å². The number of carbonyl (C=O) groups is 4. The molecular weight excluding hydrogens is 1540 g/mol. The molecule has 4 amide bonds. The largest absolute Gasteiger partial charge is 0.490 e. The summed E-state index contributed by atoms with van der Waals surface area (Å²) in [6.45, 7) is 34.9. The van der Waals surface area contributed by atoms with Crippen molar-refractivity contribution in [2.45, 2.75) is 239 Å². The quantitative estimate of drug-likeness (QED) is 0.0844. The molecule has 1 atom stereocenters. The van der Waals surface area contributed by atoms with Crippen LogP contribution in [-0.2, 0) is 28.3 Å². The highest BCUT2D eigenvalue weighted by Crippen LogP contribution is 2.41. The normalized spacial score (nSPS) is 19.4. The number of piperidine rings is 2. The Labute approximate surface area is 675 Å². The maximum Gasteiger partial charge on any atom is 0.490 e. The van der Waals surface area contributed by atoms with E-state index in [2.05, 4.69) is 57.9 Å². The Hall–Kier alpha value is -5.82. The molecular formula is C81H113BBrCl5N10O10. The third-order valence-electron chi connectivity index (χ3n) is 19.8. The van der Waals surface area contributed by atoms with Gasteiger partial charge in [0.1, 0.15) is 42.6 Å². The first-order valence-electron chi connectivity index (χ1n) is 38.0. The van der Waals surface area contributed by atoms with E-state index in [0.29, 0.717) is 95.4 Å². The Morgan fingerprint density at radius 1 is 0.472 bits per heavy atom. The van der Waals surface area contributed by atoms with Crippen molar-refractivity contribution >= 4 is 111 Å². The first-order chi connectivity index (χ1) is 51.0. The zero-order valence-corrected chi connectivity index (χ0v) is 71.1. The van der Waals surface area contributed by atoms with E-state index < -0.39 is 16.8 Å². The van der Waals surface area contributed by atoms with Crippen molar-refractivity contribution in [3.8, 4) is 0 Å². The predicted octanol–water partition coefficient (Wildman–Crippen LogP) is 21.0. The maximum absolute atomic E-state index is 12.1. The van der Waals surface area contributed by atoms with Gasteiger partial charge in [0.2, 0.25) is 0 Å². The van der Waals surface area contributed by atoms with Crippen molar-refractivity contribution < 1.29 is 47.4 Å². The smallest absolute Gasteiger partial charge is 0.450 e. The zero-order chi connectivity index (χ0) is 79.0. The highest BCUT2D eigenvalue weighted by Gasteiger charge is 2.52. The molecule has 1 aliphatic carbocycles. The van der Waals surface area contributed by atoms with E-state index in [1.807, 2.05) is 163 Å². The zero-order valence-electron chi connectivity index (χ0n) is 65.7. The third kappa shape index (κ3) is 28.7. The van der Waals surface area contributed by atoms with Crippen LogP contribution < -0.4 is 0 Å². The van der Waals surface area contributed by atoms with Crippen molar-refractivity contribution in [1.82, 2.24) is 49.4 Å². The molecule has 0 aromatic carbocycles. The van der Waals surface area contributed by atoms with E-state index in [-0.39, 0.29) is 42.7 Å². The van der Waals surface area contributed by atoms with Gasteiger partial charge in [0.15, 0.2) is 0 Å². The molecule has 5 aromatic rings. The van der Waals surface area contributed by atoms with Crippen LogP contribution in [0.1, 0.15) is 227 Å². The van der Waals surface area contributed by atoms with Crippen LogP contribution in [0.5, 0.6) is 0 Å². The molecule has 5 aromatic heterocycles. The average Bonchev–Trinajstić information content (AvgIpc) is 1.62. The van der Waals surface area contributed by atoms with Gasteiger partial charge in [-0.05, 0) is 278 Å². The van der Waals surface area contributed by atoms with Crippen LogP contribution in [0, 0.1) is 0 Å². The van der Waals surface area contributed by atoms with Gasteiger partial charge in [-0.3, -0.25) is 0 Å². The van der Waals surface area contributed by atoms with E-state index >= 15 is 0 Å². The Morgan fingerprint density at radius 3 is 1.29 bits per heavy atom. The second-order valence-electron chi connectivity index (χ2n) is 31.9. The molecule has 27 heteroatoms. The molecule has 7 aliphatic rings. The average molecular weight is 1650 g/mol. The van der Waals surface area contributed by atoms with Crippen molar-refractivity contribution in [3.05, 3.63) is 162 Å². The monoisotopic (exact) mass is 1650 g/mol. The van der Waals surface area contributed by atoms with E-state index in [9.17, 15) is 19.2 Å². The summed E-state index contributed by atoms with van der Waals surface area (Å²) in [5.41, 5.74) is 4.67. The fourth-order valence-electron chi connectivity index (χ4n) is 13.4. The SMILES string of the molecule is CC(C)(C)OC(=O)N1CC=C(B2OC(C)(C)C(C)(C)O2)CC1.CC(C)(C)OC(=O)N1CC=C(c2cccnc2Cl)CC1.CC(C)(C)OC(=O)N1CCC(c2cccnc2Cl)CC1.CCOC(=O)N1CCCC(N2CCC(c3cccnc3Cl)CC2)CC1.Clc1ncccc1Br.Clc1ncccc1C1CCCCC1. The van der Waals surface area contributed by atoms with Gasteiger partial charge in [-0.2, -0.15) is 0 Å². The lowest BCUT2D eigenvalue weighted by Crippen LogP contribution is -2.41. The minimum atomic E-state index is -0.465. The molecule has 108 heavy (non-hydrogen) atoms. The van der Waals surface area contributed by atoms with Crippen molar-refractivity contribution in [2.75, 3.05) is 72.1 Å². The molecule has 1 saturated carbocycles. The van der Waals surface area contributed by atoms with Gasteiger partial charge in [-0.1, -0.05) is 114 Å². The molecule has 5 fully saturated rings. The number of nitrogens with zero attached hydrogens (tertiary/aromatic N) is 10. The fraction of sp³-hybridized carbons (Fsp3) is 0.593. The van der Waals surface area contributed by atoms with Crippen LogP contribution >= 0.6 is 73.9 Å². The number of rotatable bonds is 7. The van der Waals surface area contributed by atoms with Crippen LogP contribution in [0.15, 0.2) is 114 Å². The van der Waals surface area contributed by atoms with Gasteiger partial charge in [0.05, 0.1) is 22.3 Å². The Balaban J connectivity index is 0.000000185. The Kier molecular flexibility index (Phi) is 34.9. The number of hydrogen-bond acceptors (Lipinski definition) is 16. The van der Waals surface area contributed by atoms with Gasteiger partial charge < -0.3 is 52.8 Å². The topological polar surface area (TPSA) is 204 Å². The summed E-state index contributed by atoms with van der Waals surface area (Å²) in [4.78, 5) is 77.9. The number of halogens is 6. The fourth-order valence-corrected chi connectivity index (χ4v) is 14.9. The van der Waals surface area contributed by atoms with E-state index in [1.165, 1.54) is 43.2 Å². The molecule has 0 spiro atoms. The number of likely N-dealkylation sites (tertiary alicyclic amines) is 3. The van der Waals surface area contributed by atoms with Crippen LogP contribution in [0.2, 0.25) is 25.8 Å². The number of amides is 4. The second kappa shape index (κ2) is 42.2. The predicted molar refractivity (Wildman–Crippen MR) is 436 cm³/mol. The number of hydrogen-bond donors (Lipinski definition) is 0. The van der Waals surface area contributed by atoms with Crippen LogP contribution in [0.25, 0.3) is 5.57 Å². The van der Waals surface area contributed by atoms with E-state index in [1.54, 1.807) is 45.7 Å². The molecule has 0 N–H and O–H groups in total. The molecule has 12 rings (SSSR count). The summed E-state index contributed by atoms with van der Waals surface area (Å²) in [5, 5.41) is 2.94. The second-order valence-corrected chi connectivity index (χ2v) is 34.5. The number of pyridine rings is 5. The summed E-state index contributed by atoms with van der Waals surface area (Å²) < 4.78 is 34.2. The Morgan fingerprint density at radius 2 is 0.880 bits per heavy atom. The van der Waals surface area contributed by atoms with Crippen molar-refractivity contribution in [1.29, 1.82) is 0 Å². The molecule has 6 aliphatic heterocycles. The minimum Gasteiger partial charge on any atom is -0.450 e. The van der Waals surface area contributed by atoms with Crippen molar-refractivity contribution in [3.63, 3.8) is 0 Å². The molecule has 0 bridgehead atoms. The van der Waals surface area contributed by atoms with Gasteiger partial charge in [0, 0.05) is 94.9 Å². The van der Waals surface area contributed by atoms with E-state index in [0.717, 1.165) is 111 Å². The first kappa shape index (κ1) is 89.4. The summed E-state index contributed by atoms with van der Waals surface area (Å²) in [7, 11) is -0.314. The first-order valence-corrected chi connectivity index (χ1v) is 40.7. The summed E-state index contributed by atoms with van der Waals surface area (Å²) in [6.07, 6.45) is 27.1. The van der Waals surface area contributed by atoms with Gasteiger partial charge >= 0.3 is 31.5 Å². The minimum absolute atomic E-state index is 0.159.